The molecule has 2 amide bonds. The summed E-state index contributed by atoms with van der Waals surface area (Å²) in [5.41, 5.74) is 1.83. The van der Waals surface area contributed by atoms with Crippen molar-refractivity contribution in [2.75, 3.05) is 26.2 Å². The molecule has 1 saturated heterocycles. The van der Waals surface area contributed by atoms with Crippen molar-refractivity contribution in [2.24, 2.45) is 0 Å². The Morgan fingerprint density at radius 3 is 2.68 bits per heavy atom. The van der Waals surface area contributed by atoms with Gasteiger partial charge in [0.15, 0.2) is 0 Å². The zero-order valence-electron chi connectivity index (χ0n) is 14.6. The number of hydrogen-bond donors (Lipinski definition) is 0. The second-order valence-electron chi connectivity index (χ2n) is 6.61. The summed E-state index contributed by atoms with van der Waals surface area (Å²) in [5, 5.41) is 7.94. The SMILES string of the molecule is CC(C)c1cc(C(=O)N2CCCN(C(=O)Cc3ccsc3)CC2)on1. The summed E-state index contributed by atoms with van der Waals surface area (Å²) >= 11 is 1.60. The van der Waals surface area contributed by atoms with Crippen LogP contribution in [0.15, 0.2) is 27.4 Å². The first-order valence-electron chi connectivity index (χ1n) is 8.59. The van der Waals surface area contributed by atoms with Crippen molar-refractivity contribution in [3.8, 4) is 0 Å². The van der Waals surface area contributed by atoms with Crippen molar-refractivity contribution in [3.05, 3.63) is 39.9 Å². The lowest BCUT2D eigenvalue weighted by atomic mass is 10.1. The van der Waals surface area contributed by atoms with Gasteiger partial charge in [-0.2, -0.15) is 11.3 Å². The van der Waals surface area contributed by atoms with Crippen LogP contribution in [0.3, 0.4) is 0 Å². The number of carbonyl (C=O) groups excluding carboxylic acids is 2. The standard InChI is InChI=1S/C18H23N3O3S/c1-13(2)15-11-16(24-19-15)18(23)21-6-3-5-20(7-8-21)17(22)10-14-4-9-25-12-14/h4,9,11-13H,3,5-8,10H2,1-2H3. The molecule has 2 aromatic heterocycles. The van der Waals surface area contributed by atoms with Crippen LogP contribution in [0.4, 0.5) is 0 Å². The fourth-order valence-corrected chi connectivity index (χ4v) is 3.54. The maximum absolute atomic E-state index is 12.6. The van der Waals surface area contributed by atoms with Gasteiger partial charge in [0.1, 0.15) is 0 Å². The maximum atomic E-state index is 12.6. The monoisotopic (exact) mass is 361 g/mol. The number of amides is 2. The molecule has 0 unspecified atom stereocenters. The second kappa shape index (κ2) is 7.82. The van der Waals surface area contributed by atoms with E-state index in [9.17, 15) is 9.59 Å². The Hall–Kier alpha value is -2.15. The molecule has 0 atom stereocenters. The Bertz CT molecular complexity index is 724. The predicted octanol–water partition coefficient (Wildman–Crippen LogP) is 2.78. The van der Waals surface area contributed by atoms with Gasteiger partial charge in [0, 0.05) is 32.2 Å². The molecule has 1 aliphatic heterocycles. The average molecular weight is 361 g/mol. The largest absolute Gasteiger partial charge is 0.351 e. The zero-order chi connectivity index (χ0) is 17.8. The van der Waals surface area contributed by atoms with E-state index >= 15 is 0 Å². The number of rotatable bonds is 4. The van der Waals surface area contributed by atoms with Gasteiger partial charge < -0.3 is 14.3 Å². The van der Waals surface area contributed by atoms with E-state index in [2.05, 4.69) is 5.16 Å². The molecule has 3 rings (SSSR count). The number of carbonyl (C=O) groups is 2. The average Bonchev–Trinajstić information content (AvgIpc) is 3.21. The molecule has 0 spiro atoms. The van der Waals surface area contributed by atoms with Crippen LogP contribution in [0.2, 0.25) is 0 Å². The number of aromatic nitrogens is 1. The van der Waals surface area contributed by atoms with Gasteiger partial charge in [0.2, 0.25) is 11.7 Å². The van der Waals surface area contributed by atoms with Gasteiger partial charge in [-0.25, -0.2) is 0 Å². The van der Waals surface area contributed by atoms with E-state index in [0.29, 0.717) is 32.6 Å². The van der Waals surface area contributed by atoms with E-state index < -0.39 is 0 Å². The molecule has 134 valence electrons. The highest BCUT2D eigenvalue weighted by Crippen LogP contribution is 2.17. The molecule has 7 heteroatoms. The minimum Gasteiger partial charge on any atom is -0.351 e. The van der Waals surface area contributed by atoms with Crippen LogP contribution in [0.5, 0.6) is 0 Å². The first kappa shape index (κ1) is 17.7. The molecule has 0 bridgehead atoms. The number of nitrogens with zero attached hydrogens (tertiary/aromatic N) is 3. The van der Waals surface area contributed by atoms with Crippen molar-refractivity contribution in [1.82, 2.24) is 15.0 Å². The van der Waals surface area contributed by atoms with E-state index in [0.717, 1.165) is 17.7 Å². The summed E-state index contributed by atoms with van der Waals surface area (Å²) in [6, 6.07) is 3.70. The Labute approximate surface area is 151 Å². The highest BCUT2D eigenvalue weighted by Gasteiger charge is 2.25. The lowest BCUT2D eigenvalue weighted by Crippen LogP contribution is -2.37. The van der Waals surface area contributed by atoms with Gasteiger partial charge in [0.05, 0.1) is 12.1 Å². The number of thiophene rings is 1. The van der Waals surface area contributed by atoms with E-state index in [1.54, 1.807) is 22.3 Å². The second-order valence-corrected chi connectivity index (χ2v) is 7.39. The van der Waals surface area contributed by atoms with Gasteiger partial charge in [-0.05, 0) is 34.7 Å². The maximum Gasteiger partial charge on any atom is 0.292 e. The molecule has 0 saturated carbocycles. The third kappa shape index (κ3) is 4.28. The third-order valence-corrected chi connectivity index (χ3v) is 5.13. The first-order chi connectivity index (χ1) is 12.0. The van der Waals surface area contributed by atoms with Crippen LogP contribution < -0.4 is 0 Å². The fraction of sp³-hybridized carbons (Fsp3) is 0.500. The quantitative estimate of drug-likeness (QED) is 0.840. The molecule has 0 aliphatic carbocycles. The zero-order valence-corrected chi connectivity index (χ0v) is 15.4. The molecule has 25 heavy (non-hydrogen) atoms. The molecule has 6 nitrogen and oxygen atoms in total. The lowest BCUT2D eigenvalue weighted by molar-refractivity contribution is -0.130. The molecular weight excluding hydrogens is 338 g/mol. The Morgan fingerprint density at radius 2 is 2.00 bits per heavy atom. The van der Waals surface area contributed by atoms with E-state index in [1.807, 2.05) is 35.6 Å². The van der Waals surface area contributed by atoms with Crippen LogP contribution >= 0.6 is 11.3 Å². The Balaban J connectivity index is 1.58. The highest BCUT2D eigenvalue weighted by molar-refractivity contribution is 7.08. The van der Waals surface area contributed by atoms with Crippen LogP contribution in [0.25, 0.3) is 0 Å². The van der Waals surface area contributed by atoms with Crippen LogP contribution in [-0.4, -0.2) is 52.9 Å². The number of hydrogen-bond acceptors (Lipinski definition) is 5. The van der Waals surface area contributed by atoms with Crippen molar-refractivity contribution >= 4 is 23.2 Å². The van der Waals surface area contributed by atoms with E-state index in [-0.39, 0.29) is 23.5 Å². The van der Waals surface area contributed by atoms with Crippen molar-refractivity contribution in [3.63, 3.8) is 0 Å². The first-order valence-corrected chi connectivity index (χ1v) is 9.53. The molecule has 0 radical (unpaired) electrons. The Kier molecular flexibility index (Phi) is 5.53. The smallest absolute Gasteiger partial charge is 0.292 e. The third-order valence-electron chi connectivity index (χ3n) is 4.40. The van der Waals surface area contributed by atoms with Gasteiger partial charge in [-0.1, -0.05) is 19.0 Å². The van der Waals surface area contributed by atoms with E-state index in [1.165, 1.54) is 0 Å². The summed E-state index contributed by atoms with van der Waals surface area (Å²) < 4.78 is 5.21. The molecule has 1 aliphatic rings. The fourth-order valence-electron chi connectivity index (χ4n) is 2.87. The predicted molar refractivity (Wildman–Crippen MR) is 95.7 cm³/mol. The van der Waals surface area contributed by atoms with Gasteiger partial charge >= 0.3 is 0 Å². The molecule has 2 aromatic rings. The minimum atomic E-state index is -0.147. The van der Waals surface area contributed by atoms with Gasteiger partial charge in [-0.3, -0.25) is 9.59 Å². The van der Waals surface area contributed by atoms with Gasteiger partial charge in [0.25, 0.3) is 5.91 Å². The van der Waals surface area contributed by atoms with Crippen LogP contribution in [0.1, 0.15) is 48.0 Å². The normalized spacial score (nSPS) is 15.5. The summed E-state index contributed by atoms with van der Waals surface area (Å²) in [6.45, 7) is 6.40. The van der Waals surface area contributed by atoms with Gasteiger partial charge in [-0.15, -0.1) is 0 Å². The van der Waals surface area contributed by atoms with Crippen LogP contribution in [0, 0.1) is 0 Å². The molecule has 3 heterocycles. The molecule has 1 fully saturated rings. The van der Waals surface area contributed by atoms with E-state index in [4.69, 9.17) is 4.52 Å². The summed E-state index contributed by atoms with van der Waals surface area (Å²) in [6.07, 6.45) is 1.20. The summed E-state index contributed by atoms with van der Waals surface area (Å²) in [4.78, 5) is 28.7. The minimum absolute atomic E-state index is 0.120. The Morgan fingerprint density at radius 1 is 1.24 bits per heavy atom. The summed E-state index contributed by atoms with van der Waals surface area (Å²) in [5.74, 6) is 0.474. The van der Waals surface area contributed by atoms with Crippen LogP contribution in [-0.2, 0) is 11.2 Å². The lowest BCUT2D eigenvalue weighted by Gasteiger charge is -2.21. The molecular formula is C18H23N3O3S. The molecule has 0 aromatic carbocycles. The molecule has 0 N–H and O–H groups in total. The van der Waals surface area contributed by atoms with Crippen molar-refractivity contribution < 1.29 is 14.1 Å². The highest BCUT2D eigenvalue weighted by atomic mass is 32.1. The summed E-state index contributed by atoms with van der Waals surface area (Å²) in [7, 11) is 0. The topological polar surface area (TPSA) is 66.7 Å². The van der Waals surface area contributed by atoms with Crippen molar-refractivity contribution in [1.29, 1.82) is 0 Å². The van der Waals surface area contributed by atoms with Crippen molar-refractivity contribution in [2.45, 2.75) is 32.6 Å².